The molecule has 0 radical (unpaired) electrons. The smallest absolute Gasteiger partial charge is 0.388 e. The number of aromatic nitrogens is 1. The summed E-state index contributed by atoms with van der Waals surface area (Å²) in [6.45, 7) is 1.94. The van der Waals surface area contributed by atoms with E-state index in [-0.39, 0.29) is 5.69 Å². The summed E-state index contributed by atoms with van der Waals surface area (Å²) < 4.78 is 38.0. The first kappa shape index (κ1) is 20.2. The van der Waals surface area contributed by atoms with Crippen molar-refractivity contribution >= 4 is 24.2 Å². The fourth-order valence-corrected chi connectivity index (χ4v) is 2.00. The van der Waals surface area contributed by atoms with E-state index in [1.807, 2.05) is 25.1 Å². The number of alkyl halides is 3. The highest BCUT2D eigenvalue weighted by Gasteiger charge is 2.30. The van der Waals surface area contributed by atoms with Crippen molar-refractivity contribution in [1.82, 2.24) is 10.4 Å². The van der Waals surface area contributed by atoms with Crippen LogP contribution in [0.3, 0.4) is 0 Å². The quantitative estimate of drug-likeness (QED) is 0.342. The summed E-state index contributed by atoms with van der Waals surface area (Å²) in [6, 6.07) is 7.77. The zero-order valence-electron chi connectivity index (χ0n) is 13.8. The van der Waals surface area contributed by atoms with Crippen LogP contribution in [-0.4, -0.2) is 18.4 Å². The van der Waals surface area contributed by atoms with Gasteiger partial charge in [-0.3, -0.25) is 15.2 Å². The minimum atomic E-state index is -4.36. The second-order valence-corrected chi connectivity index (χ2v) is 4.87. The molecule has 0 saturated heterocycles. The number of benzene rings is 1. The molecule has 2 rings (SSSR count). The van der Waals surface area contributed by atoms with Gasteiger partial charge in [-0.1, -0.05) is 18.2 Å². The Morgan fingerprint density at radius 3 is 2.44 bits per heavy atom. The van der Waals surface area contributed by atoms with E-state index < -0.39 is 11.7 Å². The molecule has 5 nitrogen and oxygen atoms in total. The first-order valence-corrected chi connectivity index (χ1v) is 7.22. The Kier molecular flexibility index (Phi) is 7.61. The van der Waals surface area contributed by atoms with Crippen molar-refractivity contribution in [1.29, 1.82) is 0 Å². The molecule has 0 aliphatic heterocycles. The maximum absolute atomic E-state index is 12.7. The van der Waals surface area contributed by atoms with Crippen LogP contribution in [-0.2, 0) is 11.0 Å². The van der Waals surface area contributed by atoms with Crippen LogP contribution in [0.4, 0.5) is 18.9 Å². The van der Waals surface area contributed by atoms with Crippen molar-refractivity contribution < 1.29 is 18.0 Å². The summed E-state index contributed by atoms with van der Waals surface area (Å²) in [7, 11) is 1.80. The summed E-state index contributed by atoms with van der Waals surface area (Å²) in [5.74, 6) is 4.41. The molecule has 1 amide bonds. The minimum Gasteiger partial charge on any atom is -0.388 e. The SMILES string of the molecule is CNc1cccc(C)c1/C=C/c1cc(C(F)(F)F)ccn1.NNC=O. The van der Waals surface area contributed by atoms with Gasteiger partial charge in [0.25, 0.3) is 0 Å². The molecule has 0 aliphatic carbocycles. The lowest BCUT2D eigenvalue weighted by atomic mass is 10.1. The number of amides is 1. The van der Waals surface area contributed by atoms with Crippen LogP contribution in [0.25, 0.3) is 12.2 Å². The number of pyridine rings is 1. The number of nitrogens with zero attached hydrogens (tertiary/aromatic N) is 1. The molecule has 0 fully saturated rings. The molecule has 1 heterocycles. The van der Waals surface area contributed by atoms with E-state index in [1.54, 1.807) is 24.6 Å². The number of hydrogen-bond donors (Lipinski definition) is 3. The van der Waals surface area contributed by atoms with Crippen LogP contribution in [0, 0.1) is 6.92 Å². The van der Waals surface area contributed by atoms with E-state index in [0.717, 1.165) is 28.9 Å². The number of hydrogen-bond acceptors (Lipinski definition) is 4. The molecule has 0 bridgehead atoms. The molecular weight excluding hydrogens is 333 g/mol. The molecule has 25 heavy (non-hydrogen) atoms. The van der Waals surface area contributed by atoms with Crippen molar-refractivity contribution in [2.45, 2.75) is 13.1 Å². The van der Waals surface area contributed by atoms with Gasteiger partial charge in [-0.2, -0.15) is 13.2 Å². The maximum Gasteiger partial charge on any atom is 0.416 e. The van der Waals surface area contributed by atoms with Gasteiger partial charge in [0.05, 0.1) is 11.3 Å². The predicted octanol–water partition coefficient (Wildman–Crippen LogP) is 3.23. The van der Waals surface area contributed by atoms with Gasteiger partial charge in [-0.15, -0.1) is 0 Å². The topological polar surface area (TPSA) is 80.0 Å². The molecule has 1 aromatic carbocycles. The lowest BCUT2D eigenvalue weighted by molar-refractivity contribution is -0.137. The highest BCUT2D eigenvalue weighted by atomic mass is 19.4. The lowest BCUT2D eigenvalue weighted by Crippen LogP contribution is -2.18. The fourth-order valence-electron chi connectivity index (χ4n) is 2.00. The standard InChI is InChI=1S/C16H15F3N2.CH4N2O/c1-11-4-3-5-15(20-2)14(11)7-6-13-10-12(8-9-21-13)16(17,18)19;2-3-1-4/h3-10,20H,1-2H3;1H,2H2,(H,3,4)/b7-6+;. The average Bonchev–Trinajstić information content (AvgIpc) is 2.60. The van der Waals surface area contributed by atoms with Crippen LogP contribution in [0.1, 0.15) is 22.4 Å². The number of anilines is 1. The van der Waals surface area contributed by atoms with Gasteiger partial charge in [0.1, 0.15) is 0 Å². The van der Waals surface area contributed by atoms with Gasteiger partial charge in [0, 0.05) is 24.5 Å². The van der Waals surface area contributed by atoms with Gasteiger partial charge < -0.3 is 5.32 Å². The van der Waals surface area contributed by atoms with Crippen LogP contribution in [0.5, 0.6) is 0 Å². The maximum atomic E-state index is 12.7. The molecule has 0 atom stereocenters. The zero-order valence-corrected chi connectivity index (χ0v) is 13.8. The lowest BCUT2D eigenvalue weighted by Gasteiger charge is -2.09. The molecule has 2 aromatic rings. The van der Waals surface area contributed by atoms with Gasteiger partial charge in [0.2, 0.25) is 6.41 Å². The minimum absolute atomic E-state index is 0.273. The van der Waals surface area contributed by atoms with Crippen molar-refractivity contribution in [2.75, 3.05) is 12.4 Å². The van der Waals surface area contributed by atoms with Gasteiger partial charge in [-0.25, -0.2) is 5.84 Å². The van der Waals surface area contributed by atoms with Crippen LogP contribution < -0.4 is 16.6 Å². The van der Waals surface area contributed by atoms with Crippen LogP contribution >= 0.6 is 0 Å². The monoisotopic (exact) mass is 352 g/mol. The Morgan fingerprint density at radius 2 is 1.88 bits per heavy atom. The second-order valence-electron chi connectivity index (χ2n) is 4.87. The van der Waals surface area contributed by atoms with Crippen molar-refractivity contribution in [3.63, 3.8) is 0 Å². The van der Waals surface area contributed by atoms with Crippen molar-refractivity contribution in [2.24, 2.45) is 5.84 Å². The van der Waals surface area contributed by atoms with Gasteiger partial charge >= 0.3 is 6.18 Å². The normalized spacial score (nSPS) is 10.8. The second kappa shape index (κ2) is 9.43. The molecule has 4 N–H and O–H groups in total. The summed E-state index contributed by atoms with van der Waals surface area (Å²) >= 11 is 0. The third-order valence-electron chi connectivity index (χ3n) is 3.19. The first-order valence-electron chi connectivity index (χ1n) is 7.22. The Hall–Kier alpha value is -2.87. The van der Waals surface area contributed by atoms with E-state index in [2.05, 4.69) is 16.1 Å². The van der Waals surface area contributed by atoms with Gasteiger partial charge in [0.15, 0.2) is 0 Å². The third-order valence-corrected chi connectivity index (χ3v) is 3.19. The predicted molar refractivity (Wildman–Crippen MR) is 92.3 cm³/mol. The highest BCUT2D eigenvalue weighted by Crippen LogP contribution is 2.29. The molecule has 8 heteroatoms. The molecule has 0 saturated carbocycles. The number of aryl methyl sites for hydroxylation is 1. The van der Waals surface area contributed by atoms with E-state index in [0.29, 0.717) is 6.41 Å². The number of halogens is 3. The van der Waals surface area contributed by atoms with E-state index in [1.165, 1.54) is 6.20 Å². The Balaban J connectivity index is 0.000000705. The Bertz CT molecular complexity index is 730. The summed E-state index contributed by atoms with van der Waals surface area (Å²) in [4.78, 5) is 12.9. The average molecular weight is 352 g/mol. The summed E-state index contributed by atoms with van der Waals surface area (Å²) in [5.41, 5.74) is 4.20. The van der Waals surface area contributed by atoms with E-state index in [9.17, 15) is 13.2 Å². The highest BCUT2D eigenvalue weighted by molar-refractivity contribution is 5.77. The number of nitrogens with one attached hydrogen (secondary N) is 2. The first-order chi connectivity index (χ1) is 11.8. The van der Waals surface area contributed by atoms with Crippen LogP contribution in [0.2, 0.25) is 0 Å². The fraction of sp³-hybridized carbons (Fsp3) is 0.176. The molecule has 0 spiro atoms. The van der Waals surface area contributed by atoms with E-state index >= 15 is 0 Å². The van der Waals surface area contributed by atoms with Crippen LogP contribution in [0.15, 0.2) is 36.5 Å². The number of hydrazine groups is 1. The molecule has 134 valence electrons. The summed E-state index contributed by atoms with van der Waals surface area (Å²) in [5, 5.41) is 3.06. The van der Waals surface area contributed by atoms with Crippen molar-refractivity contribution in [3.05, 3.63) is 58.9 Å². The summed E-state index contributed by atoms with van der Waals surface area (Å²) in [6.07, 6.45) is 0.561. The Morgan fingerprint density at radius 1 is 1.20 bits per heavy atom. The van der Waals surface area contributed by atoms with Gasteiger partial charge in [-0.05, 0) is 36.8 Å². The molecule has 0 aliphatic rings. The molecule has 1 aromatic heterocycles. The van der Waals surface area contributed by atoms with E-state index in [4.69, 9.17) is 4.79 Å². The number of carbonyl (C=O) groups excluding carboxylic acids is 1. The molecular formula is C17H19F3N4O. The number of nitrogens with two attached hydrogens (primary N) is 1. The number of carbonyl (C=O) groups is 1. The Labute approximate surface area is 143 Å². The van der Waals surface area contributed by atoms with Crippen molar-refractivity contribution in [3.8, 4) is 0 Å². The zero-order chi connectivity index (χ0) is 18.9. The number of rotatable bonds is 4. The third kappa shape index (κ3) is 6.27. The largest absolute Gasteiger partial charge is 0.416 e. The molecule has 0 unspecified atom stereocenters.